The molecule has 0 aliphatic carbocycles. The van der Waals surface area contributed by atoms with Crippen LogP contribution in [0.4, 0.5) is 4.79 Å². The molecule has 0 aromatic heterocycles. The van der Waals surface area contributed by atoms with Gasteiger partial charge in [-0.3, -0.25) is 0 Å². The van der Waals surface area contributed by atoms with E-state index in [4.69, 9.17) is 11.6 Å². The number of likely N-dealkylation sites (tertiary alicyclic amines) is 1. The van der Waals surface area contributed by atoms with Crippen LogP contribution in [0, 0.1) is 5.92 Å². The van der Waals surface area contributed by atoms with E-state index in [1.54, 1.807) is 4.90 Å². The topological polar surface area (TPSA) is 55.8 Å². The molecule has 1 saturated heterocycles. The predicted molar refractivity (Wildman–Crippen MR) is 102 cm³/mol. The van der Waals surface area contributed by atoms with Gasteiger partial charge < -0.3 is 20.2 Å². The zero-order chi connectivity index (χ0) is 18.2. The van der Waals surface area contributed by atoms with Gasteiger partial charge in [0.1, 0.15) is 0 Å². The summed E-state index contributed by atoms with van der Waals surface area (Å²) < 4.78 is 0. The van der Waals surface area contributed by atoms with E-state index in [2.05, 4.69) is 24.1 Å². The molecular formula is C19H30ClN3O2. The van der Waals surface area contributed by atoms with Gasteiger partial charge in [0, 0.05) is 30.7 Å². The largest absolute Gasteiger partial charge is 0.395 e. The lowest BCUT2D eigenvalue weighted by Crippen LogP contribution is -2.45. The lowest BCUT2D eigenvalue weighted by molar-refractivity contribution is 0.143. The molecule has 1 aliphatic heterocycles. The number of nitrogens with zero attached hydrogens (tertiary/aromatic N) is 2. The molecule has 0 spiro atoms. The summed E-state index contributed by atoms with van der Waals surface area (Å²) in [4.78, 5) is 16.6. The third kappa shape index (κ3) is 6.17. The lowest BCUT2D eigenvalue weighted by Gasteiger charge is -2.35. The van der Waals surface area contributed by atoms with Crippen molar-refractivity contribution in [3.8, 4) is 0 Å². The van der Waals surface area contributed by atoms with Gasteiger partial charge in [-0.25, -0.2) is 4.79 Å². The minimum absolute atomic E-state index is 0.0648. The molecule has 0 unspecified atom stereocenters. The number of benzene rings is 1. The number of urea groups is 1. The van der Waals surface area contributed by atoms with E-state index < -0.39 is 0 Å². The fourth-order valence-electron chi connectivity index (χ4n) is 3.22. The number of piperidine rings is 1. The van der Waals surface area contributed by atoms with Gasteiger partial charge in [-0.2, -0.15) is 0 Å². The molecule has 1 aromatic rings. The van der Waals surface area contributed by atoms with Crippen molar-refractivity contribution in [3.63, 3.8) is 0 Å². The first-order chi connectivity index (χ1) is 12.0. The molecule has 0 atom stereocenters. The Morgan fingerprint density at radius 3 is 2.64 bits per heavy atom. The van der Waals surface area contributed by atoms with Gasteiger partial charge in [-0.15, -0.1) is 0 Å². The molecule has 140 valence electrons. The first kappa shape index (κ1) is 20.0. The predicted octanol–water partition coefficient (Wildman–Crippen LogP) is 2.96. The number of carbonyl (C=O) groups is 1. The van der Waals surface area contributed by atoms with Crippen LogP contribution < -0.4 is 5.32 Å². The van der Waals surface area contributed by atoms with Gasteiger partial charge in [0.25, 0.3) is 0 Å². The Bertz CT molecular complexity index is 545. The number of aliphatic hydroxyl groups excluding tert-OH is 1. The van der Waals surface area contributed by atoms with E-state index in [9.17, 15) is 9.90 Å². The minimum Gasteiger partial charge on any atom is -0.395 e. The Morgan fingerprint density at radius 2 is 2.04 bits per heavy atom. The Balaban J connectivity index is 1.83. The molecule has 2 N–H and O–H groups in total. The van der Waals surface area contributed by atoms with Gasteiger partial charge in [0.05, 0.1) is 6.61 Å². The lowest BCUT2D eigenvalue weighted by atomic mass is 9.96. The summed E-state index contributed by atoms with van der Waals surface area (Å²) in [5.41, 5.74) is 0.887. The highest BCUT2D eigenvalue weighted by Crippen LogP contribution is 2.19. The maximum atomic E-state index is 12.5. The van der Waals surface area contributed by atoms with Gasteiger partial charge >= 0.3 is 6.03 Å². The van der Waals surface area contributed by atoms with E-state index in [1.165, 1.54) is 0 Å². The molecule has 1 aliphatic rings. The second kappa shape index (κ2) is 10.00. The van der Waals surface area contributed by atoms with E-state index >= 15 is 0 Å². The third-order valence-corrected chi connectivity index (χ3v) is 5.27. The molecule has 25 heavy (non-hydrogen) atoms. The van der Waals surface area contributed by atoms with Crippen molar-refractivity contribution in [1.82, 2.24) is 15.1 Å². The minimum atomic E-state index is -0.139. The molecule has 2 amide bonds. The Hall–Kier alpha value is -1.30. The van der Waals surface area contributed by atoms with E-state index in [1.807, 2.05) is 24.3 Å². The van der Waals surface area contributed by atoms with Crippen LogP contribution in [-0.4, -0.2) is 59.8 Å². The molecule has 0 bridgehead atoms. The van der Waals surface area contributed by atoms with Gasteiger partial charge in [-0.05, 0) is 57.3 Å². The maximum Gasteiger partial charge on any atom is 0.317 e. The normalized spacial score (nSPS) is 16.2. The summed E-state index contributed by atoms with van der Waals surface area (Å²) in [6.45, 7) is 7.96. The second-order valence-corrected chi connectivity index (χ2v) is 7.40. The monoisotopic (exact) mass is 367 g/mol. The molecule has 1 heterocycles. The van der Waals surface area contributed by atoms with Crippen LogP contribution in [0.3, 0.4) is 0 Å². The van der Waals surface area contributed by atoms with Gasteiger partial charge in [0.15, 0.2) is 0 Å². The van der Waals surface area contributed by atoms with Crippen LogP contribution in [0.5, 0.6) is 0 Å². The number of halogens is 1. The first-order valence-corrected chi connectivity index (χ1v) is 9.50. The molecule has 1 fully saturated rings. The van der Waals surface area contributed by atoms with E-state index in [0.29, 0.717) is 36.6 Å². The average molecular weight is 368 g/mol. The van der Waals surface area contributed by atoms with Crippen LogP contribution in [0.25, 0.3) is 0 Å². The van der Waals surface area contributed by atoms with Gasteiger partial charge in [0.2, 0.25) is 0 Å². The third-order valence-electron chi connectivity index (χ3n) is 4.90. The van der Waals surface area contributed by atoms with Crippen LogP contribution >= 0.6 is 11.6 Å². The van der Waals surface area contributed by atoms with Crippen LogP contribution in [0.2, 0.25) is 5.02 Å². The zero-order valence-corrected chi connectivity index (χ0v) is 16.0. The van der Waals surface area contributed by atoms with Crippen molar-refractivity contribution < 1.29 is 9.90 Å². The average Bonchev–Trinajstić information content (AvgIpc) is 2.61. The Morgan fingerprint density at radius 1 is 1.36 bits per heavy atom. The Kier molecular flexibility index (Phi) is 8.00. The number of nitrogens with one attached hydrogen (secondary N) is 1. The molecule has 6 heteroatoms. The number of amides is 2. The number of hydrogen-bond donors (Lipinski definition) is 2. The van der Waals surface area contributed by atoms with Crippen molar-refractivity contribution in [2.45, 2.75) is 39.3 Å². The van der Waals surface area contributed by atoms with E-state index in [-0.39, 0.29) is 12.6 Å². The first-order valence-electron chi connectivity index (χ1n) is 9.12. The summed E-state index contributed by atoms with van der Waals surface area (Å²) in [7, 11) is 0. The highest BCUT2D eigenvalue weighted by molar-refractivity contribution is 6.31. The van der Waals surface area contributed by atoms with Crippen molar-refractivity contribution in [2.24, 2.45) is 5.92 Å². The highest BCUT2D eigenvalue weighted by atomic mass is 35.5. The number of carbonyl (C=O) groups excluding carboxylic acids is 1. The van der Waals surface area contributed by atoms with Crippen molar-refractivity contribution in [3.05, 3.63) is 34.9 Å². The van der Waals surface area contributed by atoms with Crippen LogP contribution in [0.1, 0.15) is 32.3 Å². The highest BCUT2D eigenvalue weighted by Gasteiger charge is 2.22. The summed E-state index contributed by atoms with van der Waals surface area (Å²) in [5, 5.41) is 12.9. The van der Waals surface area contributed by atoms with Gasteiger partial charge in [-0.1, -0.05) is 29.8 Å². The summed E-state index contributed by atoms with van der Waals surface area (Å²) >= 11 is 6.19. The molecule has 1 aromatic carbocycles. The fraction of sp³-hybridized carbons (Fsp3) is 0.632. The fourth-order valence-corrected chi connectivity index (χ4v) is 3.42. The standard InChI is InChI=1S/C19H30ClN3O2/c1-15(2)22-9-7-16(8-10-22)13-21-19(25)23(11-12-24)14-17-5-3-4-6-18(17)20/h3-6,15-16,24H,7-14H2,1-2H3,(H,21,25). The van der Waals surface area contributed by atoms with Crippen molar-refractivity contribution >= 4 is 17.6 Å². The quantitative estimate of drug-likeness (QED) is 0.779. The Labute approximate surface area is 155 Å². The number of rotatable bonds is 7. The maximum absolute atomic E-state index is 12.5. The number of hydrogen-bond acceptors (Lipinski definition) is 3. The summed E-state index contributed by atoms with van der Waals surface area (Å²) in [6.07, 6.45) is 2.23. The molecule has 2 rings (SSSR count). The molecular weight excluding hydrogens is 338 g/mol. The van der Waals surface area contributed by atoms with Crippen molar-refractivity contribution in [2.75, 3.05) is 32.8 Å². The summed E-state index contributed by atoms with van der Waals surface area (Å²) in [6, 6.07) is 7.94. The van der Waals surface area contributed by atoms with E-state index in [0.717, 1.165) is 31.5 Å². The summed E-state index contributed by atoms with van der Waals surface area (Å²) in [5.74, 6) is 0.523. The van der Waals surface area contributed by atoms with Crippen molar-refractivity contribution in [1.29, 1.82) is 0 Å². The number of aliphatic hydroxyl groups is 1. The van der Waals surface area contributed by atoms with Crippen LogP contribution in [-0.2, 0) is 6.54 Å². The second-order valence-electron chi connectivity index (χ2n) is 7.00. The zero-order valence-electron chi connectivity index (χ0n) is 15.2. The van der Waals surface area contributed by atoms with Crippen LogP contribution in [0.15, 0.2) is 24.3 Å². The molecule has 0 saturated carbocycles. The smallest absolute Gasteiger partial charge is 0.317 e. The molecule has 0 radical (unpaired) electrons. The SMILES string of the molecule is CC(C)N1CCC(CNC(=O)N(CCO)Cc2ccccc2Cl)CC1. The molecule has 5 nitrogen and oxygen atoms in total.